The lowest BCUT2D eigenvalue weighted by Crippen LogP contribution is -2.23. The van der Waals surface area contributed by atoms with Crippen LogP contribution in [0, 0.1) is 0 Å². The van der Waals surface area contributed by atoms with Crippen LogP contribution in [-0.2, 0) is 27.7 Å². The molecule has 0 atom stereocenters. The van der Waals surface area contributed by atoms with Gasteiger partial charge in [0.15, 0.2) is 9.84 Å². The molecule has 1 amide bonds. The maximum Gasteiger partial charge on any atom is 0.251 e. The van der Waals surface area contributed by atoms with Crippen LogP contribution in [0.4, 0.5) is 0 Å². The van der Waals surface area contributed by atoms with Gasteiger partial charge in [0.2, 0.25) is 0 Å². The number of nitrogens with zero attached hydrogens (tertiary/aromatic N) is 1. The van der Waals surface area contributed by atoms with Crippen LogP contribution in [-0.4, -0.2) is 51.8 Å². The summed E-state index contributed by atoms with van der Waals surface area (Å²) in [6.07, 6.45) is 2.56. The van der Waals surface area contributed by atoms with Crippen LogP contribution in [0.2, 0.25) is 0 Å². The van der Waals surface area contributed by atoms with Crippen LogP contribution in [0.1, 0.15) is 34.3 Å². The van der Waals surface area contributed by atoms with E-state index in [9.17, 15) is 13.2 Å². The molecule has 1 saturated heterocycles. The fourth-order valence-electron chi connectivity index (χ4n) is 3.37. The van der Waals surface area contributed by atoms with E-state index in [0.717, 1.165) is 12.1 Å². The lowest BCUT2D eigenvalue weighted by atomic mass is 10.1. The van der Waals surface area contributed by atoms with Crippen molar-refractivity contribution in [3.63, 3.8) is 0 Å². The third-order valence-corrected chi connectivity index (χ3v) is 6.81. The maximum atomic E-state index is 12.4. The van der Waals surface area contributed by atoms with Crippen molar-refractivity contribution in [2.24, 2.45) is 0 Å². The number of hydrogen-bond donors (Lipinski definition) is 1. The summed E-state index contributed by atoms with van der Waals surface area (Å²) in [7, 11) is -1.93. The molecule has 0 aromatic heterocycles. The van der Waals surface area contributed by atoms with Crippen molar-refractivity contribution in [3.8, 4) is 0 Å². The second-order valence-corrected chi connectivity index (χ2v) is 9.43. The van der Waals surface area contributed by atoms with Crippen LogP contribution in [0.5, 0.6) is 0 Å². The van der Waals surface area contributed by atoms with Gasteiger partial charge in [-0.2, -0.15) is 0 Å². The summed E-state index contributed by atoms with van der Waals surface area (Å²) in [5, 5.41) is 2.88. The Labute approximate surface area is 172 Å². The first-order valence-electron chi connectivity index (χ1n) is 9.88. The van der Waals surface area contributed by atoms with E-state index in [0.29, 0.717) is 12.1 Å². The van der Waals surface area contributed by atoms with Crippen molar-refractivity contribution in [2.75, 3.05) is 32.6 Å². The van der Waals surface area contributed by atoms with Crippen LogP contribution in [0.3, 0.4) is 0 Å². The Kier molecular flexibility index (Phi) is 7.41. The number of benzene rings is 2. The number of rotatable bonds is 9. The third kappa shape index (κ3) is 6.13. The smallest absolute Gasteiger partial charge is 0.251 e. The standard InChI is InChI=1S/C22H28N2O4S/c1-28-14-15-29(26,27)21-10-8-20(9-11-21)22(25)23-16-18-4-6-19(7-5-18)17-24-12-2-3-13-24/h4-11H,2-3,12-17H2,1H3,(H,23,25). The Balaban J connectivity index is 1.52. The maximum absolute atomic E-state index is 12.4. The molecule has 0 aliphatic carbocycles. The van der Waals surface area contributed by atoms with E-state index in [1.54, 1.807) is 0 Å². The molecule has 1 heterocycles. The van der Waals surface area contributed by atoms with Gasteiger partial charge in [0.05, 0.1) is 17.3 Å². The topological polar surface area (TPSA) is 75.7 Å². The Morgan fingerprint density at radius 3 is 2.24 bits per heavy atom. The van der Waals surface area contributed by atoms with Gasteiger partial charge < -0.3 is 10.1 Å². The van der Waals surface area contributed by atoms with Gasteiger partial charge in [-0.05, 0) is 61.3 Å². The van der Waals surface area contributed by atoms with Gasteiger partial charge >= 0.3 is 0 Å². The summed E-state index contributed by atoms with van der Waals surface area (Å²) < 4.78 is 29.1. The van der Waals surface area contributed by atoms with Gasteiger partial charge in [0.25, 0.3) is 5.91 Å². The highest BCUT2D eigenvalue weighted by atomic mass is 32.2. The Hall–Kier alpha value is -2.22. The van der Waals surface area contributed by atoms with Gasteiger partial charge in [0.1, 0.15) is 0 Å². The normalized spacial score (nSPS) is 14.8. The van der Waals surface area contributed by atoms with Crippen LogP contribution in [0.25, 0.3) is 0 Å². The second kappa shape index (κ2) is 10.0. The van der Waals surface area contributed by atoms with Crippen LogP contribution < -0.4 is 5.32 Å². The number of methoxy groups -OCH3 is 1. The molecule has 7 heteroatoms. The predicted octanol–water partition coefficient (Wildman–Crippen LogP) is 2.63. The quantitative estimate of drug-likeness (QED) is 0.680. The Morgan fingerprint density at radius 1 is 1.00 bits per heavy atom. The van der Waals surface area contributed by atoms with Gasteiger partial charge in [-0.25, -0.2) is 8.42 Å². The monoisotopic (exact) mass is 416 g/mol. The number of sulfone groups is 1. The zero-order valence-corrected chi connectivity index (χ0v) is 17.6. The molecule has 0 bridgehead atoms. The van der Waals surface area contributed by atoms with E-state index >= 15 is 0 Å². The molecule has 3 rings (SSSR count). The molecular weight excluding hydrogens is 388 g/mol. The van der Waals surface area contributed by atoms with Gasteiger partial charge in [-0.3, -0.25) is 9.69 Å². The molecule has 1 aliphatic rings. The molecule has 0 saturated carbocycles. The zero-order chi connectivity index (χ0) is 20.7. The van der Waals surface area contributed by atoms with E-state index in [4.69, 9.17) is 4.74 Å². The highest BCUT2D eigenvalue weighted by molar-refractivity contribution is 7.91. The Morgan fingerprint density at radius 2 is 1.62 bits per heavy atom. The number of nitrogens with one attached hydrogen (secondary N) is 1. The highest BCUT2D eigenvalue weighted by Gasteiger charge is 2.15. The van der Waals surface area contributed by atoms with Crippen LogP contribution >= 0.6 is 0 Å². The summed E-state index contributed by atoms with van der Waals surface area (Å²) >= 11 is 0. The molecule has 0 radical (unpaired) electrons. The minimum atomic E-state index is -3.39. The third-order valence-electron chi connectivity index (χ3n) is 5.11. The molecule has 0 unspecified atom stereocenters. The van der Waals surface area contributed by atoms with Gasteiger partial charge in [0, 0.05) is 25.8 Å². The number of hydrogen-bond acceptors (Lipinski definition) is 5. The number of ether oxygens (including phenoxy) is 1. The van der Waals surface area contributed by atoms with Gasteiger partial charge in [-0.15, -0.1) is 0 Å². The van der Waals surface area contributed by atoms with E-state index in [1.165, 1.54) is 62.9 Å². The lowest BCUT2D eigenvalue weighted by Gasteiger charge is -2.14. The molecule has 1 fully saturated rings. The van der Waals surface area contributed by atoms with Crippen molar-refractivity contribution in [3.05, 3.63) is 65.2 Å². The molecule has 0 spiro atoms. The average molecular weight is 417 g/mol. The van der Waals surface area contributed by atoms with E-state index in [2.05, 4.69) is 22.3 Å². The SMILES string of the molecule is COCCS(=O)(=O)c1ccc(C(=O)NCc2ccc(CN3CCCC3)cc2)cc1. The van der Waals surface area contributed by atoms with Crippen LogP contribution in [0.15, 0.2) is 53.4 Å². The summed E-state index contributed by atoms with van der Waals surface area (Å²) in [6, 6.07) is 14.3. The number of amides is 1. The molecule has 1 N–H and O–H groups in total. The minimum Gasteiger partial charge on any atom is -0.384 e. The fraction of sp³-hybridized carbons (Fsp3) is 0.409. The minimum absolute atomic E-state index is 0.0806. The molecule has 2 aromatic carbocycles. The van der Waals surface area contributed by atoms with Crippen molar-refractivity contribution < 1.29 is 17.9 Å². The number of carbonyl (C=O) groups excluding carboxylic acids is 1. The predicted molar refractivity (Wildman–Crippen MR) is 112 cm³/mol. The van der Waals surface area contributed by atoms with Crippen molar-refractivity contribution in [1.82, 2.24) is 10.2 Å². The summed E-state index contributed by atoms with van der Waals surface area (Å²) in [5.74, 6) is -0.310. The molecule has 156 valence electrons. The first-order valence-corrected chi connectivity index (χ1v) is 11.5. The second-order valence-electron chi connectivity index (χ2n) is 7.32. The van der Waals surface area contributed by atoms with Gasteiger partial charge in [-0.1, -0.05) is 24.3 Å². The summed E-state index contributed by atoms with van der Waals surface area (Å²) in [4.78, 5) is 15.0. The first-order chi connectivity index (χ1) is 14.0. The largest absolute Gasteiger partial charge is 0.384 e. The van der Waals surface area contributed by atoms with E-state index in [1.807, 2.05) is 12.1 Å². The average Bonchev–Trinajstić information content (AvgIpc) is 3.25. The molecule has 6 nitrogen and oxygen atoms in total. The number of carbonyl (C=O) groups is 1. The molecule has 2 aromatic rings. The summed E-state index contributed by atoms with van der Waals surface area (Å²) in [6.45, 7) is 3.89. The van der Waals surface area contributed by atoms with Crippen molar-refractivity contribution in [2.45, 2.75) is 30.8 Å². The fourth-order valence-corrected chi connectivity index (χ4v) is 4.54. The molecular formula is C22H28N2O4S. The van der Waals surface area contributed by atoms with E-state index in [-0.39, 0.29) is 23.2 Å². The summed E-state index contributed by atoms with van der Waals surface area (Å²) in [5.41, 5.74) is 2.75. The van der Waals surface area contributed by atoms with E-state index < -0.39 is 9.84 Å². The lowest BCUT2D eigenvalue weighted by molar-refractivity contribution is 0.0951. The number of likely N-dealkylation sites (tertiary alicyclic amines) is 1. The zero-order valence-electron chi connectivity index (χ0n) is 16.8. The Bertz CT molecular complexity index is 903. The van der Waals surface area contributed by atoms with Crippen molar-refractivity contribution in [1.29, 1.82) is 0 Å². The molecule has 29 heavy (non-hydrogen) atoms. The highest BCUT2D eigenvalue weighted by Crippen LogP contribution is 2.14. The molecule has 1 aliphatic heterocycles. The first kappa shape index (κ1) is 21.5. The van der Waals surface area contributed by atoms with Crippen molar-refractivity contribution >= 4 is 15.7 Å².